The van der Waals surface area contributed by atoms with Crippen LogP contribution in [0.4, 0.5) is 5.82 Å². The summed E-state index contributed by atoms with van der Waals surface area (Å²) in [7, 11) is 1.48. The lowest BCUT2D eigenvalue weighted by atomic mass is 9.49. The molecule has 0 spiro atoms. The summed E-state index contributed by atoms with van der Waals surface area (Å²) in [6, 6.07) is 4.40. The zero-order chi connectivity index (χ0) is 33.8. The van der Waals surface area contributed by atoms with E-state index in [0.717, 1.165) is 67.0 Å². The summed E-state index contributed by atoms with van der Waals surface area (Å²) in [5, 5.41) is 17.1. The monoisotopic (exact) mass is 692 g/mol. The Morgan fingerprint density at radius 3 is 2.51 bits per heavy atom. The number of aliphatic hydroxyl groups is 1. The summed E-state index contributed by atoms with van der Waals surface area (Å²) in [6.07, 6.45) is 9.19. The summed E-state index contributed by atoms with van der Waals surface area (Å²) in [4.78, 5) is 40.7. The molecule has 6 fully saturated rings. The highest BCUT2D eigenvalue weighted by atomic mass is 35.5. The normalized spacial score (nSPS) is 32.5. The lowest BCUT2D eigenvalue weighted by Crippen LogP contribution is -2.50. The highest BCUT2D eigenvalue weighted by Gasteiger charge is 2.51. The number of hydrogen-bond acceptors (Lipinski definition) is 10. The second-order valence-corrected chi connectivity index (χ2v) is 15.2. The van der Waals surface area contributed by atoms with Crippen molar-refractivity contribution in [3.8, 4) is 5.75 Å². The Morgan fingerprint density at radius 2 is 1.80 bits per heavy atom. The number of imidazole rings is 1. The van der Waals surface area contributed by atoms with Crippen LogP contribution in [0, 0.1) is 35.5 Å². The number of aromatic nitrogens is 4. The van der Waals surface area contributed by atoms with Crippen molar-refractivity contribution in [2.75, 3.05) is 32.1 Å². The van der Waals surface area contributed by atoms with E-state index in [1.54, 1.807) is 22.8 Å². The van der Waals surface area contributed by atoms with Crippen LogP contribution in [0.15, 0.2) is 30.9 Å². The minimum absolute atomic E-state index is 0.00938. The molecule has 1 aromatic carbocycles. The van der Waals surface area contributed by atoms with Crippen molar-refractivity contribution < 1.29 is 24.2 Å². The molecular formula is C35H45ClN8O5. The van der Waals surface area contributed by atoms with Crippen LogP contribution in [0.1, 0.15) is 56.7 Å². The van der Waals surface area contributed by atoms with Crippen LogP contribution in [-0.2, 0) is 20.9 Å². The lowest BCUT2D eigenvalue weighted by molar-refractivity contribution is -0.136. The van der Waals surface area contributed by atoms with Crippen molar-refractivity contribution in [1.82, 2.24) is 29.7 Å². The van der Waals surface area contributed by atoms with Crippen LogP contribution in [0.2, 0.25) is 5.02 Å². The van der Waals surface area contributed by atoms with Crippen LogP contribution >= 0.6 is 11.6 Å². The first kappa shape index (κ1) is 32.7. The first-order valence-electron chi connectivity index (χ1n) is 17.7. The SMILES string of the molecule is CNC(=O)[C@H]1O[C@@H](n2cnc3c(NCc4cc(Cl)ccc4OCC(=O)N4CCC(C5C6CC7CC(C6)CC5C7)CC4)ncnc32)[C@H](O)[C@@H]1N. The molecule has 6 aliphatic rings. The first-order valence-corrected chi connectivity index (χ1v) is 18.1. The van der Waals surface area contributed by atoms with E-state index < -0.39 is 30.4 Å². The van der Waals surface area contributed by atoms with Crippen molar-refractivity contribution >= 4 is 40.4 Å². The van der Waals surface area contributed by atoms with E-state index in [1.165, 1.54) is 51.8 Å². The molecule has 14 heteroatoms. The number of fused-ring (bicyclic) bond motifs is 1. The second-order valence-electron chi connectivity index (χ2n) is 14.8. The quantitative estimate of drug-likeness (QED) is 0.261. The fraction of sp³-hybridized carbons (Fsp3) is 0.629. The van der Waals surface area contributed by atoms with Crippen LogP contribution in [0.3, 0.4) is 0 Å². The Hall–Kier alpha value is -3.52. The number of halogens is 1. The average Bonchev–Trinajstić information content (AvgIpc) is 3.66. The summed E-state index contributed by atoms with van der Waals surface area (Å²) < 4.78 is 13.5. The maximum atomic E-state index is 13.3. The number of likely N-dealkylation sites (tertiary alicyclic amines) is 1. The summed E-state index contributed by atoms with van der Waals surface area (Å²) in [5.41, 5.74) is 7.67. The number of anilines is 1. The molecule has 0 radical (unpaired) electrons. The number of nitrogens with one attached hydrogen (secondary N) is 2. The largest absolute Gasteiger partial charge is 0.483 e. The third kappa shape index (κ3) is 6.12. The molecule has 2 aliphatic heterocycles. The third-order valence-corrected chi connectivity index (χ3v) is 12.3. The number of hydrogen-bond donors (Lipinski definition) is 4. The van der Waals surface area contributed by atoms with Gasteiger partial charge in [-0.25, -0.2) is 15.0 Å². The van der Waals surface area contributed by atoms with Crippen molar-refractivity contribution in [2.24, 2.45) is 41.2 Å². The van der Waals surface area contributed by atoms with Crippen LogP contribution in [0.5, 0.6) is 5.75 Å². The number of benzene rings is 1. The van der Waals surface area contributed by atoms with E-state index in [1.807, 2.05) is 4.90 Å². The van der Waals surface area contributed by atoms with E-state index in [-0.39, 0.29) is 19.1 Å². The van der Waals surface area contributed by atoms with Gasteiger partial charge in [0.25, 0.3) is 11.8 Å². The van der Waals surface area contributed by atoms with Gasteiger partial charge in [-0.1, -0.05) is 11.6 Å². The van der Waals surface area contributed by atoms with Gasteiger partial charge < -0.3 is 35.8 Å². The number of piperidine rings is 1. The maximum absolute atomic E-state index is 13.3. The highest BCUT2D eigenvalue weighted by Crippen LogP contribution is 2.59. The van der Waals surface area contributed by atoms with Gasteiger partial charge in [-0.15, -0.1) is 0 Å². The predicted molar refractivity (Wildman–Crippen MR) is 181 cm³/mol. The molecule has 2 aromatic heterocycles. The molecule has 262 valence electrons. The summed E-state index contributed by atoms with van der Waals surface area (Å²) >= 11 is 6.37. The Morgan fingerprint density at radius 1 is 1.06 bits per heavy atom. The van der Waals surface area contributed by atoms with E-state index >= 15 is 0 Å². The zero-order valence-electron chi connectivity index (χ0n) is 27.7. The molecule has 4 bridgehead atoms. The van der Waals surface area contributed by atoms with E-state index in [2.05, 4.69) is 25.6 Å². The minimum Gasteiger partial charge on any atom is -0.483 e. The van der Waals surface area contributed by atoms with Crippen LogP contribution in [-0.4, -0.2) is 86.3 Å². The van der Waals surface area contributed by atoms with Gasteiger partial charge in [-0.2, -0.15) is 0 Å². The number of carbonyl (C=O) groups excluding carboxylic acids is 2. The van der Waals surface area contributed by atoms with Crippen molar-refractivity contribution in [2.45, 2.75) is 76.0 Å². The molecule has 4 atom stereocenters. The van der Waals surface area contributed by atoms with Gasteiger partial charge in [0.1, 0.15) is 18.2 Å². The number of aliphatic hydroxyl groups excluding tert-OH is 1. The smallest absolute Gasteiger partial charge is 0.260 e. The number of carbonyl (C=O) groups is 2. The number of amides is 2. The molecule has 0 unspecified atom stereocenters. The van der Waals surface area contributed by atoms with E-state index in [9.17, 15) is 14.7 Å². The van der Waals surface area contributed by atoms with Gasteiger partial charge in [-0.3, -0.25) is 14.2 Å². The topological polar surface area (TPSA) is 170 Å². The Kier molecular flexibility index (Phi) is 8.88. The van der Waals surface area contributed by atoms with Gasteiger partial charge in [-0.05, 0) is 98.7 Å². The Labute approximate surface area is 290 Å². The van der Waals surface area contributed by atoms with E-state index in [4.69, 9.17) is 26.8 Å². The lowest BCUT2D eigenvalue weighted by Gasteiger charge is -2.57. The summed E-state index contributed by atoms with van der Waals surface area (Å²) in [5.74, 6) is 6.03. The fourth-order valence-corrected chi connectivity index (χ4v) is 10.2. The van der Waals surface area contributed by atoms with Crippen LogP contribution < -0.4 is 21.1 Å². The van der Waals surface area contributed by atoms with Gasteiger partial charge in [0.2, 0.25) is 0 Å². The number of rotatable bonds is 9. The highest BCUT2D eigenvalue weighted by molar-refractivity contribution is 6.30. The number of likely N-dealkylation sites (N-methyl/N-ethyl adjacent to an activating group) is 1. The molecule has 2 saturated heterocycles. The molecule has 4 heterocycles. The first-order chi connectivity index (χ1) is 23.8. The molecule has 4 saturated carbocycles. The van der Waals surface area contributed by atoms with Gasteiger partial charge in [0, 0.05) is 37.3 Å². The molecule has 49 heavy (non-hydrogen) atoms. The van der Waals surface area contributed by atoms with Crippen molar-refractivity contribution in [3.05, 3.63) is 41.4 Å². The molecular weight excluding hydrogens is 648 g/mol. The van der Waals surface area contributed by atoms with Crippen molar-refractivity contribution in [3.63, 3.8) is 0 Å². The van der Waals surface area contributed by atoms with Crippen LogP contribution in [0.25, 0.3) is 11.2 Å². The summed E-state index contributed by atoms with van der Waals surface area (Å²) in [6.45, 7) is 1.86. The number of nitrogens with two attached hydrogens (primary N) is 1. The Balaban J connectivity index is 0.888. The van der Waals surface area contributed by atoms with E-state index in [0.29, 0.717) is 27.8 Å². The third-order valence-electron chi connectivity index (χ3n) is 12.0. The van der Waals surface area contributed by atoms with Gasteiger partial charge in [0.15, 0.2) is 35.9 Å². The van der Waals surface area contributed by atoms with Gasteiger partial charge in [0.05, 0.1) is 12.4 Å². The molecule has 13 nitrogen and oxygen atoms in total. The second kappa shape index (κ2) is 13.3. The molecule has 2 amide bonds. The zero-order valence-corrected chi connectivity index (χ0v) is 28.5. The molecule has 4 aliphatic carbocycles. The molecule has 9 rings (SSSR count). The number of nitrogens with zero attached hydrogens (tertiary/aromatic N) is 5. The standard InChI is InChI=1S/C35H45ClN8O5/c1-38-34(47)31-28(37)30(46)35(49-31)44-17-42-29-32(40-16-41-33(29)44)39-14-23-13-24(36)2-3-25(23)48-15-26(45)43-6-4-20(5-7-43)27-21-9-18-8-19(11-21)12-22(27)10-18/h2-3,13,16-22,27-28,30-31,35,46H,4-12,14-15,37H2,1H3,(H,38,47)(H,39,40,41)/t18?,19?,21?,22?,27?,28-,30+,31-,35+/m0/s1. The van der Waals surface area contributed by atoms with Crippen molar-refractivity contribution in [1.29, 1.82) is 0 Å². The Bertz CT molecular complexity index is 1680. The average molecular weight is 693 g/mol. The molecule has 3 aromatic rings. The molecule has 5 N–H and O–H groups in total. The minimum atomic E-state index is -1.16. The van der Waals surface area contributed by atoms with Gasteiger partial charge >= 0.3 is 0 Å². The predicted octanol–water partition coefficient (Wildman–Crippen LogP) is 3.11. The maximum Gasteiger partial charge on any atom is 0.260 e. The fourth-order valence-electron chi connectivity index (χ4n) is 9.97. The number of ether oxygens (including phenoxy) is 2.